The highest BCUT2D eigenvalue weighted by molar-refractivity contribution is 5.95. The fourth-order valence-corrected chi connectivity index (χ4v) is 1.24. The molecule has 0 bridgehead atoms. The van der Waals surface area contributed by atoms with Gasteiger partial charge in [0.05, 0.1) is 11.8 Å². The Balaban J connectivity index is 2.41. The largest absolute Gasteiger partial charge is 0.365 e. The average molecular weight is 162 g/mol. The minimum absolute atomic E-state index is 0.421. The van der Waals surface area contributed by atoms with Gasteiger partial charge in [-0.1, -0.05) is 6.08 Å². The molecular weight excluding hydrogens is 154 g/mol. The molecule has 2 heterocycles. The van der Waals surface area contributed by atoms with Crippen molar-refractivity contribution in [3.8, 4) is 0 Å². The van der Waals surface area contributed by atoms with Crippen molar-refractivity contribution in [2.45, 2.75) is 0 Å². The third-order valence-corrected chi connectivity index (χ3v) is 1.79. The minimum atomic E-state index is -0.421. The van der Waals surface area contributed by atoms with Crippen molar-refractivity contribution in [3.05, 3.63) is 35.9 Å². The van der Waals surface area contributed by atoms with Crippen LogP contribution in [0.25, 0.3) is 0 Å². The lowest BCUT2D eigenvalue weighted by molar-refractivity contribution is -0.114. The number of fused-ring (bicyclic) bond motifs is 1. The van der Waals surface area contributed by atoms with E-state index in [-0.39, 0.29) is 0 Å². The number of carbonyl (C=O) groups is 1. The van der Waals surface area contributed by atoms with E-state index in [4.69, 9.17) is 5.73 Å². The summed E-state index contributed by atoms with van der Waals surface area (Å²) in [6, 6.07) is 0. The number of rotatable bonds is 1. The summed E-state index contributed by atoms with van der Waals surface area (Å²) in [4.78, 5) is 12.7. The van der Waals surface area contributed by atoms with Crippen molar-refractivity contribution in [2.75, 3.05) is 6.54 Å². The summed E-state index contributed by atoms with van der Waals surface area (Å²) in [6.45, 7) is 0.732. The van der Waals surface area contributed by atoms with E-state index in [1.807, 2.05) is 6.08 Å². The summed E-state index contributed by atoms with van der Waals surface area (Å²) < 4.78 is 0. The second-order valence-electron chi connectivity index (χ2n) is 2.56. The minimum Gasteiger partial charge on any atom is -0.365 e. The maximum absolute atomic E-state index is 10.9. The van der Waals surface area contributed by atoms with Crippen molar-refractivity contribution >= 4 is 5.91 Å². The maximum atomic E-state index is 10.9. The molecular formula is C8H8N3O. The first-order valence-corrected chi connectivity index (χ1v) is 3.61. The van der Waals surface area contributed by atoms with Crippen LogP contribution >= 0.6 is 0 Å². The second-order valence-corrected chi connectivity index (χ2v) is 2.56. The highest BCUT2D eigenvalue weighted by Crippen LogP contribution is 2.17. The van der Waals surface area contributed by atoms with Crippen LogP contribution in [-0.4, -0.2) is 17.4 Å². The lowest BCUT2D eigenvalue weighted by Crippen LogP contribution is -2.28. The molecule has 2 rings (SSSR count). The van der Waals surface area contributed by atoms with Crippen molar-refractivity contribution in [1.29, 1.82) is 0 Å². The number of nitrogens with two attached hydrogens (primary N) is 1. The van der Waals surface area contributed by atoms with Crippen molar-refractivity contribution in [1.82, 2.24) is 10.2 Å². The van der Waals surface area contributed by atoms with Crippen LogP contribution < -0.4 is 11.1 Å². The molecule has 61 valence electrons. The van der Waals surface area contributed by atoms with E-state index in [9.17, 15) is 4.79 Å². The molecule has 1 radical (unpaired) electrons. The number of nitrogens with one attached hydrogen (secondary N) is 1. The van der Waals surface area contributed by atoms with Gasteiger partial charge in [0.1, 0.15) is 5.82 Å². The van der Waals surface area contributed by atoms with Crippen molar-refractivity contribution in [3.63, 3.8) is 0 Å². The monoisotopic (exact) mass is 162 g/mol. The van der Waals surface area contributed by atoms with Crippen molar-refractivity contribution < 1.29 is 4.79 Å². The Bertz CT molecular complexity index is 314. The number of amides is 1. The SMILES string of the molecule is NC(=O)C1=C2NC=[C]N2CC=C1. The van der Waals surface area contributed by atoms with Crippen molar-refractivity contribution in [2.24, 2.45) is 5.73 Å². The molecule has 4 heteroatoms. The van der Waals surface area contributed by atoms with Gasteiger partial charge in [0.15, 0.2) is 0 Å². The standard InChI is InChI=1S/C8H8N3O/c9-7(12)6-2-1-4-11-5-3-10-8(6)11/h1-3,10H,4H2,(H2,9,12). The Kier molecular flexibility index (Phi) is 1.40. The lowest BCUT2D eigenvalue weighted by Gasteiger charge is -2.20. The van der Waals surface area contributed by atoms with E-state index >= 15 is 0 Å². The molecule has 0 unspecified atom stereocenters. The fourth-order valence-electron chi connectivity index (χ4n) is 1.24. The average Bonchev–Trinajstić information content (AvgIpc) is 2.49. The maximum Gasteiger partial charge on any atom is 0.252 e. The summed E-state index contributed by atoms with van der Waals surface area (Å²) in [5.74, 6) is 0.306. The number of hydrogen-bond acceptors (Lipinski definition) is 3. The van der Waals surface area contributed by atoms with Gasteiger partial charge in [-0.15, -0.1) is 0 Å². The zero-order chi connectivity index (χ0) is 8.55. The number of carbonyl (C=O) groups excluding carboxylic acids is 1. The number of nitrogens with zero attached hydrogens (tertiary/aromatic N) is 1. The van der Waals surface area contributed by atoms with E-state index in [0.29, 0.717) is 5.57 Å². The van der Waals surface area contributed by atoms with E-state index in [2.05, 4.69) is 11.5 Å². The molecule has 2 aliphatic heterocycles. The molecule has 2 aliphatic rings. The summed E-state index contributed by atoms with van der Waals surface area (Å²) in [7, 11) is 0. The quantitative estimate of drug-likeness (QED) is 0.543. The zero-order valence-corrected chi connectivity index (χ0v) is 6.37. The summed E-state index contributed by atoms with van der Waals surface area (Å²) in [5, 5.41) is 2.91. The molecule has 3 N–H and O–H groups in total. The Morgan fingerprint density at radius 3 is 3.33 bits per heavy atom. The van der Waals surface area contributed by atoms with Gasteiger partial charge in [-0.3, -0.25) is 4.79 Å². The van der Waals surface area contributed by atoms with Gasteiger partial charge in [-0.25, -0.2) is 0 Å². The Morgan fingerprint density at radius 2 is 2.58 bits per heavy atom. The summed E-state index contributed by atoms with van der Waals surface area (Å²) in [5.41, 5.74) is 5.67. The highest BCUT2D eigenvalue weighted by Gasteiger charge is 2.20. The van der Waals surface area contributed by atoms with E-state index in [0.717, 1.165) is 12.4 Å². The first-order valence-electron chi connectivity index (χ1n) is 3.61. The molecule has 0 saturated carbocycles. The molecule has 12 heavy (non-hydrogen) atoms. The topological polar surface area (TPSA) is 58.4 Å². The lowest BCUT2D eigenvalue weighted by atomic mass is 10.2. The van der Waals surface area contributed by atoms with Crippen LogP contribution in [-0.2, 0) is 4.79 Å². The van der Waals surface area contributed by atoms with Gasteiger partial charge in [0, 0.05) is 12.7 Å². The van der Waals surface area contributed by atoms with Gasteiger partial charge < -0.3 is 16.0 Å². The van der Waals surface area contributed by atoms with Gasteiger partial charge in [-0.05, 0) is 6.08 Å². The number of primary amides is 1. The van der Waals surface area contributed by atoms with E-state index in [1.165, 1.54) is 0 Å². The first-order chi connectivity index (χ1) is 5.79. The first kappa shape index (κ1) is 6.97. The van der Waals surface area contributed by atoms with Crippen LogP contribution in [0.1, 0.15) is 0 Å². The van der Waals surface area contributed by atoms with Crippen LogP contribution in [0.5, 0.6) is 0 Å². The Labute approximate surface area is 70.0 Å². The van der Waals surface area contributed by atoms with Gasteiger partial charge in [0.2, 0.25) is 0 Å². The predicted octanol–water partition coefficient (Wildman–Crippen LogP) is -0.567. The molecule has 0 aromatic heterocycles. The van der Waals surface area contributed by atoms with E-state index in [1.54, 1.807) is 17.2 Å². The van der Waals surface area contributed by atoms with Gasteiger partial charge in [-0.2, -0.15) is 0 Å². The molecule has 4 nitrogen and oxygen atoms in total. The molecule has 0 spiro atoms. The molecule has 0 aromatic rings. The molecule has 0 saturated heterocycles. The van der Waals surface area contributed by atoms with Crippen LogP contribution in [0.15, 0.2) is 29.7 Å². The molecule has 1 amide bonds. The Morgan fingerprint density at radius 1 is 1.75 bits per heavy atom. The predicted molar refractivity (Wildman–Crippen MR) is 43.0 cm³/mol. The van der Waals surface area contributed by atoms with E-state index < -0.39 is 5.91 Å². The van der Waals surface area contributed by atoms with Gasteiger partial charge in [0.25, 0.3) is 5.91 Å². The smallest absolute Gasteiger partial charge is 0.252 e. The van der Waals surface area contributed by atoms with Crippen LogP contribution in [0.4, 0.5) is 0 Å². The van der Waals surface area contributed by atoms with Gasteiger partial charge >= 0.3 is 0 Å². The third kappa shape index (κ3) is 0.887. The normalized spacial score (nSPS) is 19.5. The van der Waals surface area contributed by atoms with Crippen LogP contribution in [0.2, 0.25) is 0 Å². The molecule has 0 aliphatic carbocycles. The van der Waals surface area contributed by atoms with Crippen LogP contribution in [0.3, 0.4) is 0 Å². The zero-order valence-electron chi connectivity index (χ0n) is 6.37. The Hall–Kier alpha value is -1.71. The van der Waals surface area contributed by atoms with Crippen LogP contribution in [0, 0.1) is 6.20 Å². The molecule has 0 atom stereocenters. The second kappa shape index (κ2) is 2.41. The summed E-state index contributed by atoms with van der Waals surface area (Å²) >= 11 is 0. The number of hydrogen-bond donors (Lipinski definition) is 2. The third-order valence-electron chi connectivity index (χ3n) is 1.79. The molecule has 0 fully saturated rings. The fraction of sp³-hybridized carbons (Fsp3) is 0.125. The molecule has 0 aromatic carbocycles. The summed E-state index contributed by atoms with van der Waals surface area (Å²) in [6.07, 6.45) is 8.18. The highest BCUT2D eigenvalue weighted by atomic mass is 16.1.